The lowest BCUT2D eigenvalue weighted by Crippen LogP contribution is -2.13. The van der Waals surface area contributed by atoms with Crippen molar-refractivity contribution >= 4 is 34.2 Å². The lowest BCUT2D eigenvalue weighted by Gasteiger charge is -2.01. The Morgan fingerprint density at radius 3 is 3.00 bits per heavy atom. The average Bonchev–Trinajstić information content (AvgIpc) is 2.63. The summed E-state index contributed by atoms with van der Waals surface area (Å²) in [6, 6.07) is 3.17. The van der Waals surface area contributed by atoms with Crippen molar-refractivity contribution in [2.24, 2.45) is 0 Å². The van der Waals surface area contributed by atoms with E-state index in [-0.39, 0.29) is 0 Å². The Bertz CT molecular complexity index is 386. The predicted octanol–water partition coefficient (Wildman–Crippen LogP) is 2.09. The highest BCUT2D eigenvalue weighted by atomic mass is 32.2. The van der Waals surface area contributed by atoms with Crippen LogP contribution in [0, 0.1) is 0 Å². The van der Waals surface area contributed by atoms with Crippen LogP contribution in [0.3, 0.4) is 0 Å². The summed E-state index contributed by atoms with van der Waals surface area (Å²) in [6.07, 6.45) is 0. The predicted molar refractivity (Wildman–Crippen MR) is 53.3 cm³/mol. The van der Waals surface area contributed by atoms with E-state index in [1.54, 1.807) is 11.4 Å². The monoisotopic (exact) mass is 219 g/mol. The smallest absolute Gasteiger partial charge is 0.316 e. The molecule has 0 aliphatic rings. The van der Waals surface area contributed by atoms with Crippen molar-refractivity contribution in [2.45, 2.75) is 12.1 Å². The van der Waals surface area contributed by atoms with Crippen molar-refractivity contribution in [3.05, 3.63) is 22.4 Å². The second-order valence-electron chi connectivity index (χ2n) is 2.10. The van der Waals surface area contributed by atoms with Gasteiger partial charge >= 0.3 is 5.97 Å². The maximum Gasteiger partial charge on any atom is 0.316 e. The highest BCUT2D eigenvalue weighted by Gasteiger charge is 2.17. The van der Waals surface area contributed by atoms with Crippen molar-refractivity contribution in [2.75, 3.05) is 0 Å². The molecular formula is C8H8O3S2. The highest BCUT2D eigenvalue weighted by molar-refractivity contribution is 8.15. The third-order valence-corrected chi connectivity index (χ3v) is 3.04. The van der Waals surface area contributed by atoms with Crippen LogP contribution in [-0.2, 0) is 4.79 Å². The minimum absolute atomic E-state index is 0.327. The van der Waals surface area contributed by atoms with Crippen molar-refractivity contribution in [3.8, 4) is 0 Å². The fourth-order valence-electron chi connectivity index (χ4n) is 0.610. The average molecular weight is 219 g/mol. The van der Waals surface area contributed by atoms with E-state index in [1.807, 2.05) is 0 Å². The first kappa shape index (κ1) is 6.62. The minimum Gasteiger partial charge on any atom is -0.480 e. The molecule has 1 N–H and O–H groups in total. The van der Waals surface area contributed by atoms with Gasteiger partial charge in [-0.1, -0.05) is 17.8 Å². The van der Waals surface area contributed by atoms with Gasteiger partial charge in [-0.15, -0.1) is 11.3 Å². The number of hydrogen-bond acceptors (Lipinski definition) is 4. The van der Waals surface area contributed by atoms with Crippen LogP contribution in [0.2, 0.25) is 0 Å². The molecule has 0 spiro atoms. The molecule has 3 nitrogen and oxygen atoms in total. The van der Waals surface area contributed by atoms with E-state index in [0.29, 0.717) is 16.6 Å². The van der Waals surface area contributed by atoms with E-state index < -0.39 is 23.2 Å². The van der Waals surface area contributed by atoms with Crippen molar-refractivity contribution in [1.82, 2.24) is 0 Å². The van der Waals surface area contributed by atoms with Crippen LogP contribution in [0.4, 0.5) is 0 Å². The quantitative estimate of drug-likeness (QED) is 0.845. The summed E-state index contributed by atoms with van der Waals surface area (Å²) < 4.78 is 21.1. The Labute approximate surface area is 88.0 Å². The van der Waals surface area contributed by atoms with Gasteiger partial charge in [0.25, 0.3) is 0 Å². The summed E-state index contributed by atoms with van der Waals surface area (Å²) in [5.41, 5.74) is 0. The summed E-state index contributed by atoms with van der Waals surface area (Å²) >= 11 is 1.48. The van der Waals surface area contributed by atoms with Gasteiger partial charge in [0.05, 0.1) is 4.88 Å². The summed E-state index contributed by atoms with van der Waals surface area (Å²) in [6.45, 7) is -2.69. The van der Waals surface area contributed by atoms with Gasteiger partial charge < -0.3 is 5.11 Å². The number of carboxylic acid groups (broad SMARTS) is 1. The molecule has 0 radical (unpaired) electrons. The van der Waals surface area contributed by atoms with Crippen LogP contribution in [0.15, 0.2) is 17.5 Å². The van der Waals surface area contributed by atoms with Gasteiger partial charge in [0.15, 0.2) is 0 Å². The number of carboxylic acids is 1. The van der Waals surface area contributed by atoms with Gasteiger partial charge in [-0.05, 0) is 18.3 Å². The first-order chi connectivity index (χ1) is 7.32. The summed E-state index contributed by atoms with van der Waals surface area (Å²) in [5, 5.41) is 8.14. The molecule has 1 aromatic rings. The van der Waals surface area contributed by atoms with Gasteiger partial charge in [0, 0.05) is 4.11 Å². The van der Waals surface area contributed by atoms with Crippen LogP contribution >= 0.6 is 23.1 Å². The van der Waals surface area contributed by atoms with Gasteiger partial charge in [0.2, 0.25) is 5.12 Å². The lowest BCUT2D eigenvalue weighted by molar-refractivity contribution is -0.136. The molecule has 0 aliphatic heterocycles. The minimum atomic E-state index is -2.69. The molecule has 1 heterocycles. The molecule has 1 aromatic heterocycles. The fraction of sp³-hybridized carbons (Fsp3) is 0.250. The van der Waals surface area contributed by atoms with Crippen LogP contribution < -0.4 is 0 Å². The molecule has 0 aromatic carbocycles. The number of thioether (sulfide) groups is 1. The molecule has 1 unspecified atom stereocenters. The standard InChI is InChI=1S/C8H8O3S2/c1-5(7(9)10)13-8(11)6-3-2-4-12-6/h2-5H,1H3,(H,9,10)/i1D3. The first-order valence-electron chi connectivity index (χ1n) is 4.79. The third kappa shape index (κ3) is 2.86. The van der Waals surface area contributed by atoms with E-state index >= 15 is 0 Å². The molecular weight excluding hydrogens is 208 g/mol. The molecule has 0 amide bonds. The maximum atomic E-state index is 11.5. The zero-order valence-corrected chi connectivity index (χ0v) is 8.02. The molecule has 0 bridgehead atoms. The molecule has 13 heavy (non-hydrogen) atoms. The Hall–Kier alpha value is -0.810. The van der Waals surface area contributed by atoms with Crippen LogP contribution in [0.5, 0.6) is 0 Å². The van der Waals surface area contributed by atoms with Crippen LogP contribution in [0.1, 0.15) is 20.6 Å². The van der Waals surface area contributed by atoms with Crippen molar-refractivity contribution < 1.29 is 18.8 Å². The largest absolute Gasteiger partial charge is 0.480 e. The fourth-order valence-corrected chi connectivity index (χ4v) is 1.96. The number of hydrogen-bond donors (Lipinski definition) is 1. The Morgan fingerprint density at radius 2 is 2.54 bits per heavy atom. The van der Waals surface area contributed by atoms with E-state index in [1.165, 1.54) is 6.07 Å². The third-order valence-electron chi connectivity index (χ3n) is 1.17. The van der Waals surface area contributed by atoms with Gasteiger partial charge in [-0.2, -0.15) is 0 Å². The Balaban J connectivity index is 2.78. The number of carbonyl (C=O) groups excluding carboxylic acids is 1. The first-order valence-corrected chi connectivity index (χ1v) is 5.05. The Morgan fingerprint density at radius 1 is 1.77 bits per heavy atom. The van der Waals surface area contributed by atoms with Gasteiger partial charge in [-0.25, -0.2) is 0 Å². The van der Waals surface area contributed by atoms with E-state index in [2.05, 4.69) is 0 Å². The molecule has 5 heteroatoms. The molecule has 1 rings (SSSR count). The van der Waals surface area contributed by atoms with Gasteiger partial charge in [-0.3, -0.25) is 9.59 Å². The summed E-state index contributed by atoms with van der Waals surface area (Å²) in [4.78, 5) is 22.6. The second kappa shape index (κ2) is 4.43. The molecule has 0 saturated heterocycles. The lowest BCUT2D eigenvalue weighted by atomic mass is 10.5. The van der Waals surface area contributed by atoms with E-state index in [0.717, 1.165) is 11.3 Å². The number of aliphatic carboxylic acids is 1. The summed E-state index contributed by atoms with van der Waals surface area (Å²) in [5.74, 6) is -1.50. The zero-order valence-electron chi connectivity index (χ0n) is 9.39. The van der Waals surface area contributed by atoms with Gasteiger partial charge in [0.1, 0.15) is 5.25 Å². The van der Waals surface area contributed by atoms with Crippen molar-refractivity contribution in [3.63, 3.8) is 0 Å². The van der Waals surface area contributed by atoms with Crippen LogP contribution in [0.25, 0.3) is 0 Å². The molecule has 0 fully saturated rings. The van der Waals surface area contributed by atoms with E-state index in [9.17, 15) is 9.59 Å². The zero-order chi connectivity index (χ0) is 12.3. The highest BCUT2D eigenvalue weighted by Crippen LogP contribution is 2.21. The van der Waals surface area contributed by atoms with Crippen LogP contribution in [-0.4, -0.2) is 21.4 Å². The molecule has 0 saturated carbocycles. The second-order valence-corrected chi connectivity index (χ2v) is 4.13. The Kier molecular flexibility index (Phi) is 2.26. The normalized spacial score (nSPS) is 16.8. The van der Waals surface area contributed by atoms with Crippen molar-refractivity contribution in [1.29, 1.82) is 0 Å². The molecule has 0 aliphatic carbocycles. The number of rotatable bonds is 3. The maximum absolute atomic E-state index is 11.5. The number of carbonyl (C=O) groups is 2. The van der Waals surface area contributed by atoms with E-state index in [4.69, 9.17) is 9.22 Å². The number of thiophene rings is 1. The SMILES string of the molecule is [2H]C([2H])([2H])C(SC(=O)c1cccs1)C(=O)O. The molecule has 1 atom stereocenters. The molecule has 70 valence electrons. The summed E-state index contributed by atoms with van der Waals surface area (Å²) in [7, 11) is 0. The topological polar surface area (TPSA) is 54.4 Å².